The summed E-state index contributed by atoms with van der Waals surface area (Å²) in [6.07, 6.45) is 7.42. The first kappa shape index (κ1) is 8.31. The van der Waals surface area contributed by atoms with Crippen LogP contribution in [0, 0.1) is 5.92 Å². The molecule has 0 aliphatic heterocycles. The maximum absolute atomic E-state index is 8.64. The third-order valence-electron chi connectivity index (χ3n) is 2.29. The van der Waals surface area contributed by atoms with Gasteiger partial charge >= 0.3 is 0 Å². The van der Waals surface area contributed by atoms with Gasteiger partial charge in [0, 0.05) is 5.92 Å². The summed E-state index contributed by atoms with van der Waals surface area (Å²) in [4.78, 5) is 0. The molecular formula is C9H15NO. The molecule has 2 heteroatoms. The summed E-state index contributed by atoms with van der Waals surface area (Å²) in [6, 6.07) is 0. The van der Waals surface area contributed by atoms with E-state index >= 15 is 0 Å². The standard InChI is InChI=1S/C9H15NO/c1-2-5-8-6-3-4-7-9(8)10-11/h2,8,11H,1,3-7H2/b10-9-/t8-/m1/s1. The third-order valence-corrected chi connectivity index (χ3v) is 2.29. The average molecular weight is 153 g/mol. The average Bonchev–Trinajstić information content (AvgIpc) is 2.06. The van der Waals surface area contributed by atoms with Crippen LogP contribution >= 0.6 is 0 Å². The number of hydrogen-bond donors (Lipinski definition) is 1. The summed E-state index contributed by atoms with van der Waals surface area (Å²) < 4.78 is 0. The predicted molar refractivity (Wildman–Crippen MR) is 46.0 cm³/mol. The Morgan fingerprint density at radius 3 is 3.09 bits per heavy atom. The largest absolute Gasteiger partial charge is 0.411 e. The van der Waals surface area contributed by atoms with E-state index in [2.05, 4.69) is 11.7 Å². The van der Waals surface area contributed by atoms with Crippen molar-refractivity contribution in [3.05, 3.63) is 12.7 Å². The fraction of sp³-hybridized carbons (Fsp3) is 0.667. The maximum atomic E-state index is 8.64. The smallest absolute Gasteiger partial charge is 0.0604 e. The highest BCUT2D eigenvalue weighted by molar-refractivity contribution is 5.86. The van der Waals surface area contributed by atoms with Crippen molar-refractivity contribution in [2.75, 3.05) is 0 Å². The highest BCUT2D eigenvalue weighted by Crippen LogP contribution is 2.24. The zero-order valence-corrected chi connectivity index (χ0v) is 6.79. The number of rotatable bonds is 2. The minimum atomic E-state index is 0.464. The second-order valence-corrected chi connectivity index (χ2v) is 3.06. The molecular weight excluding hydrogens is 138 g/mol. The molecule has 1 rings (SSSR count). The highest BCUT2D eigenvalue weighted by Gasteiger charge is 2.18. The Labute approximate surface area is 67.6 Å². The van der Waals surface area contributed by atoms with Gasteiger partial charge in [0.15, 0.2) is 0 Å². The van der Waals surface area contributed by atoms with E-state index in [9.17, 15) is 0 Å². The summed E-state index contributed by atoms with van der Waals surface area (Å²) in [6.45, 7) is 3.69. The van der Waals surface area contributed by atoms with E-state index in [1.165, 1.54) is 12.8 Å². The van der Waals surface area contributed by atoms with Gasteiger partial charge in [0.1, 0.15) is 0 Å². The van der Waals surface area contributed by atoms with Gasteiger partial charge in [-0.05, 0) is 25.7 Å². The van der Waals surface area contributed by atoms with Crippen molar-refractivity contribution in [1.29, 1.82) is 0 Å². The molecule has 0 bridgehead atoms. The van der Waals surface area contributed by atoms with Crippen LogP contribution in [0.1, 0.15) is 32.1 Å². The third kappa shape index (κ3) is 2.07. The normalized spacial score (nSPS) is 28.7. The minimum Gasteiger partial charge on any atom is -0.411 e. The van der Waals surface area contributed by atoms with Crippen LogP contribution in [0.25, 0.3) is 0 Å². The lowest BCUT2D eigenvalue weighted by atomic mass is 9.85. The molecule has 0 aromatic carbocycles. The first-order valence-electron chi connectivity index (χ1n) is 4.20. The van der Waals surface area contributed by atoms with Crippen molar-refractivity contribution in [1.82, 2.24) is 0 Å². The van der Waals surface area contributed by atoms with Crippen LogP contribution in [-0.2, 0) is 0 Å². The lowest BCUT2D eigenvalue weighted by Gasteiger charge is -2.21. The van der Waals surface area contributed by atoms with Crippen molar-refractivity contribution in [3.8, 4) is 0 Å². The molecule has 62 valence electrons. The van der Waals surface area contributed by atoms with Gasteiger partial charge in [0.2, 0.25) is 0 Å². The molecule has 1 saturated carbocycles. The number of allylic oxidation sites excluding steroid dienone is 1. The molecule has 0 aromatic heterocycles. The molecule has 0 saturated heterocycles. The summed E-state index contributed by atoms with van der Waals surface area (Å²) in [7, 11) is 0. The van der Waals surface area contributed by atoms with Crippen molar-refractivity contribution in [2.45, 2.75) is 32.1 Å². The molecule has 0 heterocycles. The number of hydrogen-bond acceptors (Lipinski definition) is 2. The molecule has 1 aliphatic carbocycles. The van der Waals surface area contributed by atoms with E-state index in [1.807, 2.05) is 6.08 Å². The van der Waals surface area contributed by atoms with E-state index in [4.69, 9.17) is 5.21 Å². The molecule has 2 nitrogen and oxygen atoms in total. The van der Waals surface area contributed by atoms with Crippen molar-refractivity contribution in [2.24, 2.45) is 11.1 Å². The van der Waals surface area contributed by atoms with Crippen LogP contribution in [0.5, 0.6) is 0 Å². The molecule has 1 fully saturated rings. The Morgan fingerprint density at radius 2 is 2.45 bits per heavy atom. The van der Waals surface area contributed by atoms with Gasteiger partial charge < -0.3 is 5.21 Å². The Hall–Kier alpha value is -0.790. The van der Waals surface area contributed by atoms with Crippen LogP contribution in [0.3, 0.4) is 0 Å². The van der Waals surface area contributed by atoms with Gasteiger partial charge in [-0.15, -0.1) is 6.58 Å². The van der Waals surface area contributed by atoms with Gasteiger partial charge in [0.05, 0.1) is 5.71 Å². The van der Waals surface area contributed by atoms with Crippen LogP contribution in [-0.4, -0.2) is 10.9 Å². The summed E-state index contributed by atoms with van der Waals surface area (Å²) in [5.74, 6) is 0.464. The van der Waals surface area contributed by atoms with Crippen molar-refractivity contribution < 1.29 is 5.21 Å². The molecule has 1 aliphatic rings. The van der Waals surface area contributed by atoms with E-state index in [-0.39, 0.29) is 0 Å². The first-order valence-corrected chi connectivity index (χ1v) is 4.20. The monoisotopic (exact) mass is 153 g/mol. The highest BCUT2D eigenvalue weighted by atomic mass is 16.4. The second-order valence-electron chi connectivity index (χ2n) is 3.06. The van der Waals surface area contributed by atoms with E-state index in [0.29, 0.717) is 5.92 Å². The molecule has 0 spiro atoms. The van der Waals surface area contributed by atoms with E-state index in [1.54, 1.807) is 0 Å². The Kier molecular flexibility index (Phi) is 3.14. The molecule has 1 N–H and O–H groups in total. The van der Waals surface area contributed by atoms with Gasteiger partial charge in [-0.25, -0.2) is 0 Å². The zero-order chi connectivity index (χ0) is 8.10. The molecule has 0 unspecified atom stereocenters. The van der Waals surface area contributed by atoms with Crippen LogP contribution < -0.4 is 0 Å². The van der Waals surface area contributed by atoms with Crippen LogP contribution in [0.4, 0.5) is 0 Å². The van der Waals surface area contributed by atoms with Crippen molar-refractivity contribution in [3.63, 3.8) is 0 Å². The van der Waals surface area contributed by atoms with E-state index in [0.717, 1.165) is 25.0 Å². The minimum absolute atomic E-state index is 0.464. The second kappa shape index (κ2) is 4.16. The summed E-state index contributed by atoms with van der Waals surface area (Å²) >= 11 is 0. The molecule has 0 radical (unpaired) electrons. The Bertz CT molecular complexity index is 163. The number of oxime groups is 1. The Balaban J connectivity index is 2.51. The van der Waals surface area contributed by atoms with Gasteiger partial charge in [-0.2, -0.15) is 0 Å². The summed E-state index contributed by atoms with van der Waals surface area (Å²) in [5.41, 5.74) is 0.969. The lowest BCUT2D eigenvalue weighted by molar-refractivity contribution is 0.309. The topological polar surface area (TPSA) is 32.6 Å². The van der Waals surface area contributed by atoms with Crippen LogP contribution in [0.2, 0.25) is 0 Å². The maximum Gasteiger partial charge on any atom is 0.0604 e. The first-order chi connectivity index (χ1) is 5.38. The lowest BCUT2D eigenvalue weighted by Crippen LogP contribution is -2.18. The van der Waals surface area contributed by atoms with Crippen LogP contribution in [0.15, 0.2) is 17.8 Å². The fourth-order valence-electron chi connectivity index (χ4n) is 1.65. The van der Waals surface area contributed by atoms with E-state index < -0.39 is 0 Å². The van der Waals surface area contributed by atoms with Gasteiger partial charge in [-0.1, -0.05) is 17.7 Å². The summed E-state index contributed by atoms with van der Waals surface area (Å²) in [5, 5.41) is 12.0. The SMILES string of the molecule is C=CC[C@@H]1CCCC/C1=N/O. The molecule has 0 amide bonds. The van der Waals surface area contributed by atoms with Crippen molar-refractivity contribution >= 4 is 5.71 Å². The zero-order valence-electron chi connectivity index (χ0n) is 6.79. The van der Waals surface area contributed by atoms with Gasteiger partial charge in [0.25, 0.3) is 0 Å². The Morgan fingerprint density at radius 1 is 1.64 bits per heavy atom. The predicted octanol–water partition coefficient (Wildman–Crippen LogP) is 2.58. The molecule has 11 heavy (non-hydrogen) atoms. The molecule has 1 atom stereocenters. The fourth-order valence-corrected chi connectivity index (χ4v) is 1.65. The number of nitrogens with zero attached hydrogens (tertiary/aromatic N) is 1. The molecule has 0 aromatic rings. The quantitative estimate of drug-likeness (QED) is 0.369. The van der Waals surface area contributed by atoms with Gasteiger partial charge in [-0.3, -0.25) is 0 Å².